The monoisotopic (exact) mass is 605 g/mol. The summed E-state index contributed by atoms with van der Waals surface area (Å²) in [4.78, 5) is 32.6. The number of halogens is 3. The summed E-state index contributed by atoms with van der Waals surface area (Å²) in [6.07, 6.45) is 1.27. The predicted molar refractivity (Wildman–Crippen MR) is 161 cm³/mol. The minimum atomic E-state index is -4.52. The summed E-state index contributed by atoms with van der Waals surface area (Å²) >= 11 is 1.07. The van der Waals surface area contributed by atoms with Crippen molar-refractivity contribution in [3.8, 4) is 22.7 Å². The molecular weight excluding hydrogens is 575 g/mol. The molecule has 3 aromatic carbocycles. The highest BCUT2D eigenvalue weighted by atomic mass is 32.2. The number of carbonyl (C=O) groups is 1. The van der Waals surface area contributed by atoms with Crippen molar-refractivity contribution in [2.45, 2.75) is 55.3 Å². The molecule has 2 aliphatic rings. The number of methoxy groups -OCH3 is 1. The maximum absolute atomic E-state index is 14.6. The predicted octanol–water partition coefficient (Wildman–Crippen LogP) is 7.42. The summed E-state index contributed by atoms with van der Waals surface area (Å²) in [6, 6.07) is 19.6. The topological polar surface area (TPSA) is 73.2 Å². The number of fused-ring (bicyclic) bond motifs is 4. The van der Waals surface area contributed by atoms with E-state index < -0.39 is 17.6 Å². The van der Waals surface area contributed by atoms with Gasteiger partial charge in [-0.3, -0.25) is 14.2 Å². The molecule has 1 spiro atoms. The number of ether oxygens (including phenoxy) is 1. The van der Waals surface area contributed by atoms with Gasteiger partial charge in [-0.25, -0.2) is 4.98 Å². The summed E-state index contributed by atoms with van der Waals surface area (Å²) in [5.74, 6) is -0.0403. The van der Waals surface area contributed by atoms with Crippen molar-refractivity contribution in [2.24, 2.45) is 0 Å². The number of alkyl halides is 3. The summed E-state index contributed by atoms with van der Waals surface area (Å²) in [7, 11) is 1.57. The highest BCUT2D eigenvalue weighted by Gasteiger charge is 2.43. The molecule has 1 N–H and O–H groups in total. The summed E-state index contributed by atoms with van der Waals surface area (Å²) in [5.41, 5.74) is 2.76. The number of rotatable bonds is 6. The van der Waals surface area contributed by atoms with Crippen molar-refractivity contribution in [3.05, 3.63) is 99.8 Å². The maximum atomic E-state index is 14.6. The van der Waals surface area contributed by atoms with Gasteiger partial charge >= 0.3 is 6.18 Å². The number of nitrogens with one attached hydrogen (secondary N) is 1. The Hall–Kier alpha value is -4.05. The van der Waals surface area contributed by atoms with Crippen LogP contribution in [0.4, 0.5) is 18.9 Å². The Kier molecular flexibility index (Phi) is 7.81. The second-order valence-electron chi connectivity index (χ2n) is 11.0. The third-order valence-electron chi connectivity index (χ3n) is 8.33. The zero-order chi connectivity index (χ0) is 30.2. The Morgan fingerprint density at radius 3 is 2.49 bits per heavy atom. The normalized spacial score (nSPS) is 15.4. The average Bonchev–Trinajstić information content (AvgIpc) is 3.00. The van der Waals surface area contributed by atoms with Crippen molar-refractivity contribution in [1.29, 1.82) is 0 Å². The molecule has 0 aliphatic heterocycles. The van der Waals surface area contributed by atoms with Gasteiger partial charge in [0, 0.05) is 16.7 Å². The van der Waals surface area contributed by atoms with Gasteiger partial charge < -0.3 is 10.1 Å². The van der Waals surface area contributed by atoms with Crippen molar-refractivity contribution in [3.63, 3.8) is 0 Å². The zero-order valence-electron chi connectivity index (χ0n) is 23.5. The molecule has 43 heavy (non-hydrogen) atoms. The number of carbonyl (C=O) groups excluding carboxylic acids is 1. The number of thioether (sulfide) groups is 1. The average molecular weight is 606 g/mol. The SMILES string of the molecule is COc1ccc(-n2c(SCC(=O)Nc3cccc(C(F)(F)F)c3)nc3c(c2=O)C2(CCCCC2)Cc2ccccc2-3)cc1. The van der Waals surface area contributed by atoms with Crippen molar-refractivity contribution in [1.82, 2.24) is 9.55 Å². The highest BCUT2D eigenvalue weighted by molar-refractivity contribution is 7.99. The van der Waals surface area contributed by atoms with Crippen LogP contribution in [-0.2, 0) is 22.8 Å². The second-order valence-corrected chi connectivity index (χ2v) is 12.0. The van der Waals surface area contributed by atoms with Crippen LogP contribution in [0.3, 0.4) is 0 Å². The van der Waals surface area contributed by atoms with E-state index >= 15 is 0 Å². The molecule has 0 radical (unpaired) electrons. The molecule has 0 saturated heterocycles. The van der Waals surface area contributed by atoms with Crippen LogP contribution in [-0.4, -0.2) is 28.3 Å². The van der Waals surface area contributed by atoms with E-state index in [2.05, 4.69) is 11.4 Å². The molecule has 6 rings (SSSR count). The quantitative estimate of drug-likeness (QED) is 0.183. The van der Waals surface area contributed by atoms with Crippen LogP contribution in [0.15, 0.2) is 82.7 Å². The fourth-order valence-electron chi connectivity index (χ4n) is 6.34. The molecule has 0 unspecified atom stereocenters. The summed E-state index contributed by atoms with van der Waals surface area (Å²) in [5, 5.41) is 2.88. The summed E-state index contributed by atoms with van der Waals surface area (Å²) < 4.78 is 46.4. The fourth-order valence-corrected chi connectivity index (χ4v) is 7.15. The van der Waals surface area contributed by atoms with E-state index in [0.717, 1.165) is 79.1 Å². The lowest BCUT2D eigenvalue weighted by molar-refractivity contribution is -0.137. The van der Waals surface area contributed by atoms with E-state index in [0.29, 0.717) is 22.3 Å². The van der Waals surface area contributed by atoms with E-state index in [9.17, 15) is 22.8 Å². The van der Waals surface area contributed by atoms with Crippen LogP contribution in [0.2, 0.25) is 0 Å². The third-order valence-corrected chi connectivity index (χ3v) is 9.27. The number of benzene rings is 3. The maximum Gasteiger partial charge on any atom is 0.416 e. The Bertz CT molecular complexity index is 1730. The van der Waals surface area contributed by atoms with E-state index in [-0.39, 0.29) is 22.4 Å². The largest absolute Gasteiger partial charge is 0.497 e. The number of hydrogen-bond donors (Lipinski definition) is 1. The molecule has 1 saturated carbocycles. The van der Waals surface area contributed by atoms with Crippen LogP contribution in [0.1, 0.15) is 48.8 Å². The molecule has 222 valence electrons. The summed E-state index contributed by atoms with van der Waals surface area (Å²) in [6.45, 7) is 0. The van der Waals surface area contributed by atoms with Crippen LogP contribution in [0.5, 0.6) is 5.75 Å². The first kappa shape index (κ1) is 29.0. The van der Waals surface area contributed by atoms with Crippen LogP contribution in [0, 0.1) is 0 Å². The van der Waals surface area contributed by atoms with E-state index in [1.54, 1.807) is 35.9 Å². The second kappa shape index (κ2) is 11.6. The standard InChI is InChI=1S/C33H30F3N3O3S/c1-42-25-14-12-24(13-15-25)39-30(41)28-29(26-11-4-3-8-21(26)19-32(28)16-5-2-6-17-32)38-31(39)43-20-27(40)37-23-10-7-9-22(18-23)33(34,35)36/h3-4,7-15,18H,2,5-6,16-17,19-20H2,1H3,(H,37,40). The van der Waals surface area contributed by atoms with Gasteiger partial charge in [0.1, 0.15) is 5.75 Å². The zero-order valence-corrected chi connectivity index (χ0v) is 24.4. The van der Waals surface area contributed by atoms with Crippen LogP contribution in [0.25, 0.3) is 16.9 Å². The third kappa shape index (κ3) is 5.68. The van der Waals surface area contributed by atoms with Gasteiger partial charge in [-0.2, -0.15) is 13.2 Å². The molecule has 1 heterocycles. The molecule has 0 atom stereocenters. The number of amides is 1. The lowest BCUT2D eigenvalue weighted by Crippen LogP contribution is -2.43. The van der Waals surface area contributed by atoms with Gasteiger partial charge in [0.05, 0.1) is 35.4 Å². The van der Waals surface area contributed by atoms with E-state index in [1.165, 1.54) is 12.1 Å². The molecule has 6 nitrogen and oxygen atoms in total. The Morgan fingerprint density at radius 2 is 1.77 bits per heavy atom. The lowest BCUT2D eigenvalue weighted by Gasteiger charge is -2.42. The van der Waals surface area contributed by atoms with E-state index in [4.69, 9.17) is 9.72 Å². The van der Waals surface area contributed by atoms with Crippen molar-refractivity contribution < 1.29 is 22.7 Å². The number of anilines is 1. The van der Waals surface area contributed by atoms with Gasteiger partial charge in [-0.15, -0.1) is 0 Å². The Morgan fingerprint density at radius 1 is 1.02 bits per heavy atom. The number of nitrogens with zero attached hydrogens (tertiary/aromatic N) is 2. The Labute approximate surface area is 251 Å². The van der Waals surface area contributed by atoms with Gasteiger partial charge in [-0.1, -0.05) is 61.4 Å². The smallest absolute Gasteiger partial charge is 0.416 e. The van der Waals surface area contributed by atoms with Crippen LogP contribution >= 0.6 is 11.8 Å². The number of aromatic nitrogens is 2. The molecule has 4 aromatic rings. The molecular formula is C33H30F3N3O3S. The van der Waals surface area contributed by atoms with Gasteiger partial charge in [-0.05, 0) is 67.3 Å². The fraction of sp³-hybridized carbons (Fsp3) is 0.303. The molecule has 1 fully saturated rings. The van der Waals surface area contributed by atoms with Gasteiger partial charge in [0.25, 0.3) is 5.56 Å². The van der Waals surface area contributed by atoms with Crippen molar-refractivity contribution in [2.75, 3.05) is 18.2 Å². The molecule has 1 aromatic heterocycles. The first-order valence-electron chi connectivity index (χ1n) is 14.2. The highest BCUT2D eigenvalue weighted by Crippen LogP contribution is 2.49. The first-order chi connectivity index (χ1) is 20.7. The van der Waals surface area contributed by atoms with Crippen LogP contribution < -0.4 is 15.6 Å². The van der Waals surface area contributed by atoms with Crippen molar-refractivity contribution >= 4 is 23.4 Å². The molecule has 10 heteroatoms. The minimum Gasteiger partial charge on any atom is -0.497 e. The Balaban J connectivity index is 1.42. The molecule has 0 bridgehead atoms. The van der Waals surface area contributed by atoms with Gasteiger partial charge in [0.15, 0.2) is 5.16 Å². The van der Waals surface area contributed by atoms with E-state index in [1.807, 2.05) is 18.2 Å². The van der Waals surface area contributed by atoms with Gasteiger partial charge in [0.2, 0.25) is 5.91 Å². The molecule has 1 amide bonds. The lowest BCUT2D eigenvalue weighted by atomic mass is 9.62. The number of hydrogen-bond acceptors (Lipinski definition) is 5. The first-order valence-corrected chi connectivity index (χ1v) is 15.2. The minimum absolute atomic E-state index is 0.0412. The molecule has 2 aliphatic carbocycles.